The molecule has 138 valence electrons. The first-order chi connectivity index (χ1) is 12.3. The van der Waals surface area contributed by atoms with Gasteiger partial charge < -0.3 is 10.4 Å². The summed E-state index contributed by atoms with van der Waals surface area (Å²) >= 11 is 1.71. The lowest BCUT2D eigenvalue weighted by molar-refractivity contribution is 0.0924. The van der Waals surface area contributed by atoms with Crippen molar-refractivity contribution in [3.05, 3.63) is 33.6 Å². The Morgan fingerprint density at radius 2 is 2.04 bits per heavy atom. The van der Waals surface area contributed by atoms with Gasteiger partial charge in [0.2, 0.25) is 0 Å². The monoisotopic (exact) mass is 372 g/mol. The van der Waals surface area contributed by atoms with Gasteiger partial charge >= 0.3 is 0 Å². The number of nitrogens with zero attached hydrogens (tertiary/aromatic N) is 3. The van der Waals surface area contributed by atoms with Crippen molar-refractivity contribution in [3.63, 3.8) is 0 Å². The zero-order chi connectivity index (χ0) is 19.0. The van der Waals surface area contributed by atoms with Gasteiger partial charge in [-0.25, -0.2) is 9.67 Å². The van der Waals surface area contributed by atoms with Gasteiger partial charge in [0, 0.05) is 27.4 Å². The minimum absolute atomic E-state index is 0.110. The van der Waals surface area contributed by atoms with E-state index in [1.54, 1.807) is 24.5 Å². The number of thiophene rings is 1. The summed E-state index contributed by atoms with van der Waals surface area (Å²) in [6.45, 7) is 9.85. The van der Waals surface area contributed by atoms with Gasteiger partial charge in [-0.15, -0.1) is 11.3 Å². The van der Waals surface area contributed by atoms with Crippen LogP contribution in [0.15, 0.2) is 18.3 Å². The Labute approximate surface area is 156 Å². The van der Waals surface area contributed by atoms with Crippen molar-refractivity contribution in [2.24, 2.45) is 0 Å². The number of aliphatic hydroxyl groups excluding tert-OH is 1. The molecule has 0 radical (unpaired) electrons. The van der Waals surface area contributed by atoms with Crippen LogP contribution in [0.3, 0.4) is 0 Å². The molecule has 0 aliphatic heterocycles. The largest absolute Gasteiger partial charge is 0.394 e. The molecule has 1 atom stereocenters. The molecule has 3 aromatic heterocycles. The maximum atomic E-state index is 12.8. The van der Waals surface area contributed by atoms with E-state index in [1.165, 1.54) is 9.75 Å². The molecule has 0 aliphatic rings. The summed E-state index contributed by atoms with van der Waals surface area (Å²) in [6, 6.07) is 3.73. The van der Waals surface area contributed by atoms with Gasteiger partial charge in [-0.3, -0.25) is 4.79 Å². The highest BCUT2D eigenvalue weighted by molar-refractivity contribution is 7.12. The minimum Gasteiger partial charge on any atom is -0.394 e. The molecule has 0 aromatic carbocycles. The second kappa shape index (κ2) is 7.17. The number of hydrogen-bond acceptors (Lipinski definition) is 5. The molecular formula is C19H24N4O2S. The highest BCUT2D eigenvalue weighted by Crippen LogP contribution is 2.32. The molecule has 7 heteroatoms. The molecule has 0 aliphatic carbocycles. The Morgan fingerprint density at radius 1 is 1.31 bits per heavy atom. The Morgan fingerprint density at radius 3 is 2.62 bits per heavy atom. The third-order valence-electron chi connectivity index (χ3n) is 4.27. The van der Waals surface area contributed by atoms with Crippen molar-refractivity contribution in [2.45, 2.75) is 46.7 Å². The summed E-state index contributed by atoms with van der Waals surface area (Å²) in [5.41, 5.74) is 3.03. The first kappa shape index (κ1) is 18.5. The fourth-order valence-corrected chi connectivity index (χ4v) is 3.89. The Bertz CT molecular complexity index is 958. The van der Waals surface area contributed by atoms with Crippen LogP contribution < -0.4 is 5.32 Å². The molecule has 0 fully saturated rings. The third-order valence-corrected chi connectivity index (χ3v) is 5.23. The van der Waals surface area contributed by atoms with E-state index in [9.17, 15) is 9.90 Å². The summed E-state index contributed by atoms with van der Waals surface area (Å²) < 4.78 is 1.83. The van der Waals surface area contributed by atoms with E-state index in [2.05, 4.69) is 30.3 Å². The summed E-state index contributed by atoms with van der Waals surface area (Å²) in [7, 11) is 0. The van der Waals surface area contributed by atoms with Crippen LogP contribution in [0, 0.1) is 13.8 Å². The fraction of sp³-hybridized carbons (Fsp3) is 0.421. The van der Waals surface area contributed by atoms with Gasteiger partial charge in [-0.2, -0.15) is 5.10 Å². The van der Waals surface area contributed by atoms with Crippen LogP contribution in [-0.4, -0.2) is 38.4 Å². The zero-order valence-electron chi connectivity index (χ0n) is 15.7. The van der Waals surface area contributed by atoms with Gasteiger partial charge in [0.15, 0.2) is 5.65 Å². The Balaban J connectivity index is 2.22. The molecule has 1 amide bonds. The number of aliphatic hydroxyl groups is 1. The number of fused-ring (bicyclic) bond motifs is 1. The summed E-state index contributed by atoms with van der Waals surface area (Å²) in [4.78, 5) is 20.0. The second-order valence-electron chi connectivity index (χ2n) is 6.86. The maximum absolute atomic E-state index is 12.8. The van der Waals surface area contributed by atoms with Crippen molar-refractivity contribution in [3.8, 4) is 11.3 Å². The summed E-state index contributed by atoms with van der Waals surface area (Å²) in [5, 5.41) is 17.2. The zero-order valence-corrected chi connectivity index (χ0v) is 16.5. The molecule has 3 heterocycles. The first-order valence-electron chi connectivity index (χ1n) is 8.69. The van der Waals surface area contributed by atoms with Crippen LogP contribution >= 0.6 is 11.3 Å². The third kappa shape index (κ3) is 3.37. The van der Waals surface area contributed by atoms with Gasteiger partial charge in [0.05, 0.1) is 29.4 Å². The van der Waals surface area contributed by atoms with E-state index in [1.807, 2.05) is 24.6 Å². The van der Waals surface area contributed by atoms with Crippen molar-refractivity contribution < 1.29 is 9.90 Å². The first-order valence-corrected chi connectivity index (χ1v) is 9.50. The van der Waals surface area contributed by atoms with Crippen LogP contribution in [0.1, 0.15) is 46.9 Å². The van der Waals surface area contributed by atoms with Crippen molar-refractivity contribution in [1.29, 1.82) is 0 Å². The highest BCUT2D eigenvalue weighted by atomic mass is 32.1. The SMILES string of the molecule is Cc1cc(-c2cc(C(=O)NC(C)CO)c3cnn(C(C)C)c3n2)c(C)s1. The molecule has 26 heavy (non-hydrogen) atoms. The second-order valence-corrected chi connectivity index (χ2v) is 8.32. The van der Waals surface area contributed by atoms with Gasteiger partial charge in [0.1, 0.15) is 0 Å². The van der Waals surface area contributed by atoms with Crippen LogP contribution in [0.4, 0.5) is 0 Å². The standard InChI is InChI=1S/C19H24N4O2S/c1-10(2)23-18-16(8-20-23)15(19(25)21-11(3)9-24)7-17(22-18)14-6-12(4)26-13(14)5/h6-8,10-11,24H,9H2,1-5H3,(H,21,25). The van der Waals surface area contributed by atoms with Crippen molar-refractivity contribution >= 4 is 28.3 Å². The normalized spacial score (nSPS) is 12.7. The van der Waals surface area contributed by atoms with E-state index in [0.29, 0.717) is 11.2 Å². The molecule has 1 unspecified atom stereocenters. The topological polar surface area (TPSA) is 80.0 Å². The average Bonchev–Trinajstić information content (AvgIpc) is 3.16. The highest BCUT2D eigenvalue weighted by Gasteiger charge is 2.20. The number of rotatable bonds is 5. The molecule has 3 rings (SSSR count). The van der Waals surface area contributed by atoms with E-state index < -0.39 is 0 Å². The maximum Gasteiger partial charge on any atom is 0.252 e. The minimum atomic E-state index is -0.320. The van der Waals surface area contributed by atoms with Gasteiger partial charge in [-0.05, 0) is 46.8 Å². The molecule has 2 N–H and O–H groups in total. The molecule has 3 aromatic rings. The summed E-state index contributed by atoms with van der Waals surface area (Å²) in [6.07, 6.45) is 1.69. The molecule has 0 saturated carbocycles. The van der Waals surface area contributed by atoms with Gasteiger partial charge in [0.25, 0.3) is 5.91 Å². The molecule has 6 nitrogen and oxygen atoms in total. The van der Waals surface area contributed by atoms with Crippen LogP contribution in [-0.2, 0) is 0 Å². The van der Waals surface area contributed by atoms with E-state index >= 15 is 0 Å². The number of pyridine rings is 1. The predicted octanol–water partition coefficient (Wildman–Crippen LogP) is 3.47. The summed E-state index contributed by atoms with van der Waals surface area (Å²) in [5.74, 6) is -0.229. The number of carbonyl (C=O) groups excluding carboxylic acids is 1. The number of aromatic nitrogens is 3. The lowest BCUT2D eigenvalue weighted by Gasteiger charge is -2.13. The number of nitrogens with one attached hydrogen (secondary N) is 1. The quantitative estimate of drug-likeness (QED) is 0.719. The lowest BCUT2D eigenvalue weighted by Crippen LogP contribution is -2.35. The van der Waals surface area contributed by atoms with Gasteiger partial charge in [-0.1, -0.05) is 0 Å². The van der Waals surface area contributed by atoms with Crippen LogP contribution in [0.5, 0.6) is 0 Å². The van der Waals surface area contributed by atoms with Crippen molar-refractivity contribution in [1.82, 2.24) is 20.1 Å². The van der Waals surface area contributed by atoms with E-state index in [4.69, 9.17) is 4.98 Å². The lowest BCUT2D eigenvalue weighted by atomic mass is 10.1. The molecule has 0 bridgehead atoms. The fourth-order valence-electron chi connectivity index (χ4n) is 2.95. The predicted molar refractivity (Wildman–Crippen MR) is 105 cm³/mol. The Hall–Kier alpha value is -2.25. The van der Waals surface area contributed by atoms with E-state index in [-0.39, 0.29) is 24.6 Å². The van der Waals surface area contributed by atoms with Crippen LogP contribution in [0.2, 0.25) is 0 Å². The average molecular weight is 372 g/mol. The van der Waals surface area contributed by atoms with Crippen molar-refractivity contribution in [2.75, 3.05) is 6.61 Å². The van der Waals surface area contributed by atoms with E-state index in [0.717, 1.165) is 16.6 Å². The van der Waals surface area contributed by atoms with Crippen LogP contribution in [0.25, 0.3) is 22.3 Å². The smallest absolute Gasteiger partial charge is 0.252 e. The number of carbonyl (C=O) groups is 1. The Kier molecular flexibility index (Phi) is 5.11. The number of amides is 1. The number of hydrogen-bond donors (Lipinski definition) is 2. The molecule has 0 saturated heterocycles. The molecular weight excluding hydrogens is 348 g/mol. The molecule has 0 spiro atoms. The number of aryl methyl sites for hydroxylation is 2.